The van der Waals surface area contributed by atoms with Crippen LogP contribution in [0.4, 0.5) is 0 Å². The highest BCUT2D eigenvalue weighted by molar-refractivity contribution is 5.55. The summed E-state index contributed by atoms with van der Waals surface area (Å²) in [5, 5.41) is 20.3. The number of rotatable bonds is 0. The van der Waals surface area contributed by atoms with Crippen molar-refractivity contribution in [3.05, 3.63) is 23.3 Å². The van der Waals surface area contributed by atoms with Crippen molar-refractivity contribution in [2.45, 2.75) is 71.6 Å². The molecule has 2 heteroatoms. The van der Waals surface area contributed by atoms with Gasteiger partial charge in [0.05, 0.1) is 0 Å². The molecule has 23 heavy (non-hydrogen) atoms. The lowest BCUT2D eigenvalue weighted by atomic mass is 9.43. The van der Waals surface area contributed by atoms with Gasteiger partial charge in [-0.2, -0.15) is 0 Å². The first-order valence-electron chi connectivity index (χ1n) is 9.24. The molecule has 0 aliphatic heterocycles. The molecule has 0 unspecified atom stereocenters. The third-order valence-electron chi connectivity index (χ3n) is 8.08. The molecule has 0 radical (unpaired) electrons. The number of hydrogen-bond acceptors (Lipinski definition) is 2. The largest absolute Gasteiger partial charge is 0.504 e. The normalized spacial score (nSPS) is 41.0. The van der Waals surface area contributed by atoms with E-state index in [1.165, 1.54) is 37.7 Å². The molecule has 2 nitrogen and oxygen atoms in total. The van der Waals surface area contributed by atoms with Crippen molar-refractivity contribution < 1.29 is 10.2 Å². The Balaban J connectivity index is 1.84. The number of aromatic hydroxyl groups is 2. The number of phenolic OH excluding ortho intramolecular Hbond substituents is 2. The second kappa shape index (κ2) is 4.46. The highest BCUT2D eigenvalue weighted by atomic mass is 16.3. The average Bonchev–Trinajstić information content (AvgIpc) is 2.77. The predicted molar refractivity (Wildman–Crippen MR) is 92.8 cm³/mol. The first kappa shape index (κ1) is 15.4. The quantitative estimate of drug-likeness (QED) is 0.650. The Morgan fingerprint density at radius 2 is 1.70 bits per heavy atom. The first-order valence-corrected chi connectivity index (χ1v) is 9.24. The van der Waals surface area contributed by atoms with Gasteiger partial charge < -0.3 is 10.2 Å². The van der Waals surface area contributed by atoms with Crippen LogP contribution in [0, 0.1) is 22.7 Å². The van der Waals surface area contributed by atoms with Crippen LogP contribution in [0.15, 0.2) is 12.1 Å². The highest BCUT2D eigenvalue weighted by Crippen LogP contribution is 2.68. The molecule has 2 fully saturated rings. The standard InChI is InChI=1S/C21H30O2/c1-19(2)9-5-10-21(4)16(19)8-11-20(3)14-6-7-15(22)18(23)13(14)12-17(20)21/h6-7,16-17,22-23H,5,8-12H2,1-4H3/t16-,17-,20-,21-/m0/s1. The third-order valence-corrected chi connectivity index (χ3v) is 8.08. The van der Waals surface area contributed by atoms with E-state index in [4.69, 9.17) is 0 Å². The van der Waals surface area contributed by atoms with Gasteiger partial charge in [0.2, 0.25) is 0 Å². The van der Waals surface area contributed by atoms with Crippen molar-refractivity contribution in [1.82, 2.24) is 0 Å². The van der Waals surface area contributed by atoms with Gasteiger partial charge in [-0.1, -0.05) is 40.2 Å². The minimum atomic E-state index is 0.0386. The van der Waals surface area contributed by atoms with E-state index in [0.29, 0.717) is 16.7 Å². The molecule has 0 heterocycles. The lowest BCUT2D eigenvalue weighted by Gasteiger charge is -2.61. The van der Waals surface area contributed by atoms with Crippen LogP contribution in [0.5, 0.6) is 11.5 Å². The molecule has 4 rings (SSSR count). The molecule has 0 amide bonds. The average molecular weight is 314 g/mol. The maximum Gasteiger partial charge on any atom is 0.160 e. The molecule has 0 aromatic heterocycles. The summed E-state index contributed by atoms with van der Waals surface area (Å²) in [5.41, 5.74) is 3.23. The molecule has 3 aliphatic carbocycles. The fourth-order valence-corrected chi connectivity index (χ4v) is 7.00. The fraction of sp³-hybridized carbons (Fsp3) is 0.714. The molecule has 126 valence electrons. The van der Waals surface area contributed by atoms with Crippen LogP contribution in [0.1, 0.15) is 70.9 Å². The first-order chi connectivity index (χ1) is 10.7. The monoisotopic (exact) mass is 314 g/mol. The minimum absolute atomic E-state index is 0.0386. The summed E-state index contributed by atoms with van der Waals surface area (Å²) in [5.74, 6) is 1.52. The smallest absolute Gasteiger partial charge is 0.160 e. The molecule has 0 saturated heterocycles. The van der Waals surface area contributed by atoms with Crippen LogP contribution in [-0.4, -0.2) is 10.2 Å². The van der Waals surface area contributed by atoms with Crippen LogP contribution < -0.4 is 0 Å². The summed E-state index contributed by atoms with van der Waals surface area (Å²) >= 11 is 0. The zero-order chi connectivity index (χ0) is 16.6. The molecule has 2 saturated carbocycles. The Morgan fingerprint density at radius 1 is 0.957 bits per heavy atom. The van der Waals surface area contributed by atoms with Crippen molar-refractivity contribution in [2.75, 3.05) is 0 Å². The summed E-state index contributed by atoms with van der Waals surface area (Å²) in [6.07, 6.45) is 7.39. The Hall–Kier alpha value is -1.18. The third kappa shape index (κ3) is 1.81. The summed E-state index contributed by atoms with van der Waals surface area (Å²) in [7, 11) is 0. The van der Waals surface area contributed by atoms with Gasteiger partial charge in [-0.25, -0.2) is 0 Å². The van der Waals surface area contributed by atoms with Crippen LogP contribution >= 0.6 is 0 Å². The zero-order valence-corrected chi connectivity index (χ0v) is 14.9. The van der Waals surface area contributed by atoms with Gasteiger partial charge in [-0.3, -0.25) is 0 Å². The second-order valence-electron chi connectivity index (χ2n) is 9.57. The van der Waals surface area contributed by atoms with Gasteiger partial charge >= 0.3 is 0 Å². The van der Waals surface area contributed by atoms with Gasteiger partial charge in [0, 0.05) is 5.56 Å². The van der Waals surface area contributed by atoms with Gasteiger partial charge in [-0.05, 0) is 71.8 Å². The van der Waals surface area contributed by atoms with E-state index in [1.54, 1.807) is 6.07 Å². The summed E-state index contributed by atoms with van der Waals surface area (Å²) in [6, 6.07) is 3.75. The van der Waals surface area contributed by atoms with Crippen molar-refractivity contribution >= 4 is 0 Å². The molecule has 1 aromatic carbocycles. The summed E-state index contributed by atoms with van der Waals surface area (Å²) in [4.78, 5) is 0. The molecule has 0 spiro atoms. The molecular weight excluding hydrogens is 284 g/mol. The molecule has 0 bridgehead atoms. The van der Waals surface area contributed by atoms with Crippen LogP contribution in [0.3, 0.4) is 0 Å². The number of benzene rings is 1. The maximum atomic E-state index is 10.4. The number of fused-ring (bicyclic) bond motifs is 5. The van der Waals surface area contributed by atoms with Crippen molar-refractivity contribution in [3.63, 3.8) is 0 Å². The van der Waals surface area contributed by atoms with Gasteiger partial charge in [0.25, 0.3) is 0 Å². The lowest BCUT2D eigenvalue weighted by Crippen LogP contribution is -2.55. The van der Waals surface area contributed by atoms with E-state index in [9.17, 15) is 10.2 Å². The van der Waals surface area contributed by atoms with Crippen LogP contribution in [0.25, 0.3) is 0 Å². The Morgan fingerprint density at radius 3 is 2.43 bits per heavy atom. The number of hydrogen-bond donors (Lipinski definition) is 2. The Kier molecular flexibility index (Phi) is 2.98. The maximum absolute atomic E-state index is 10.4. The fourth-order valence-electron chi connectivity index (χ4n) is 7.00. The minimum Gasteiger partial charge on any atom is -0.504 e. The van der Waals surface area contributed by atoms with Crippen molar-refractivity contribution in [1.29, 1.82) is 0 Å². The van der Waals surface area contributed by atoms with Gasteiger partial charge in [0.1, 0.15) is 0 Å². The van der Waals surface area contributed by atoms with Crippen LogP contribution in [-0.2, 0) is 11.8 Å². The van der Waals surface area contributed by atoms with Crippen molar-refractivity contribution in [3.8, 4) is 11.5 Å². The van der Waals surface area contributed by atoms with Gasteiger partial charge in [0.15, 0.2) is 11.5 Å². The van der Waals surface area contributed by atoms with E-state index in [0.717, 1.165) is 17.9 Å². The van der Waals surface area contributed by atoms with E-state index in [1.807, 2.05) is 0 Å². The molecule has 3 aliphatic rings. The van der Waals surface area contributed by atoms with Gasteiger partial charge in [-0.15, -0.1) is 0 Å². The predicted octanol–water partition coefficient (Wildman–Crippen LogP) is 5.15. The summed E-state index contributed by atoms with van der Waals surface area (Å²) in [6.45, 7) is 9.85. The lowest BCUT2D eigenvalue weighted by molar-refractivity contribution is -0.0982. The zero-order valence-electron chi connectivity index (χ0n) is 14.9. The highest BCUT2D eigenvalue weighted by Gasteiger charge is 2.61. The topological polar surface area (TPSA) is 40.5 Å². The summed E-state index contributed by atoms with van der Waals surface area (Å²) < 4.78 is 0. The van der Waals surface area contributed by atoms with E-state index < -0.39 is 0 Å². The Bertz CT molecular complexity index is 662. The molecule has 4 atom stereocenters. The number of phenols is 2. The second-order valence-corrected chi connectivity index (χ2v) is 9.57. The molecular formula is C21H30O2. The SMILES string of the molecule is CC1(C)CCC[C@]2(C)[C@H]3Cc4c(ccc(O)c4O)[C@]3(C)CC[C@@H]12. The van der Waals surface area contributed by atoms with E-state index >= 15 is 0 Å². The van der Waals surface area contributed by atoms with E-state index in [2.05, 4.69) is 33.8 Å². The Labute approximate surface area is 139 Å². The molecule has 1 aromatic rings. The van der Waals surface area contributed by atoms with Crippen molar-refractivity contribution in [2.24, 2.45) is 22.7 Å². The van der Waals surface area contributed by atoms with E-state index in [-0.39, 0.29) is 16.9 Å². The van der Waals surface area contributed by atoms with Crippen LogP contribution in [0.2, 0.25) is 0 Å². The molecule has 2 N–H and O–H groups in total.